The van der Waals surface area contributed by atoms with E-state index in [2.05, 4.69) is 20.5 Å². The highest BCUT2D eigenvalue weighted by molar-refractivity contribution is 7.18. The molecule has 0 bridgehead atoms. The van der Waals surface area contributed by atoms with Crippen LogP contribution in [0.15, 0.2) is 48.8 Å². The standard InChI is InChI=1S/C17H11F4N5S/c18-10-5-6-11(13(19)7-10)12(8-26-9-22-24-25-26)17(20,21)16-23-14-3-1-2-4-15(14)27-16/h1-7,9,12H,8H2. The number of para-hydroxylation sites is 1. The molecule has 0 fully saturated rings. The van der Waals surface area contributed by atoms with Crippen molar-refractivity contribution in [3.05, 3.63) is 71.0 Å². The summed E-state index contributed by atoms with van der Waals surface area (Å²) < 4.78 is 60.1. The maximum atomic E-state index is 15.4. The predicted molar refractivity (Wildman–Crippen MR) is 90.4 cm³/mol. The zero-order valence-corrected chi connectivity index (χ0v) is 14.4. The van der Waals surface area contributed by atoms with Crippen LogP contribution in [-0.2, 0) is 12.5 Å². The van der Waals surface area contributed by atoms with Gasteiger partial charge in [0.25, 0.3) is 0 Å². The van der Waals surface area contributed by atoms with E-state index in [4.69, 9.17) is 0 Å². The number of thiazole rings is 1. The van der Waals surface area contributed by atoms with Gasteiger partial charge in [-0.3, -0.25) is 0 Å². The number of nitrogens with zero attached hydrogens (tertiary/aromatic N) is 5. The summed E-state index contributed by atoms with van der Waals surface area (Å²) in [6.07, 6.45) is 1.16. The summed E-state index contributed by atoms with van der Waals surface area (Å²) in [6.45, 7) is -0.404. The predicted octanol–water partition coefficient (Wildman–Crippen LogP) is 4.14. The normalized spacial score (nSPS) is 13.2. The van der Waals surface area contributed by atoms with Gasteiger partial charge in [0.15, 0.2) is 5.01 Å². The number of rotatable bonds is 5. The molecule has 0 aliphatic rings. The van der Waals surface area contributed by atoms with Gasteiger partial charge in [-0.2, -0.15) is 8.78 Å². The SMILES string of the molecule is Fc1ccc(C(Cn2cnnn2)C(F)(F)c2nc3ccccc3s2)c(F)c1. The zero-order chi connectivity index (χ0) is 19.0. The van der Waals surface area contributed by atoms with Crippen molar-refractivity contribution in [2.45, 2.75) is 18.4 Å². The molecule has 0 radical (unpaired) electrons. The maximum absolute atomic E-state index is 15.4. The molecule has 138 valence electrons. The van der Waals surface area contributed by atoms with Crippen LogP contribution in [0.25, 0.3) is 10.2 Å². The first-order valence-electron chi connectivity index (χ1n) is 7.84. The van der Waals surface area contributed by atoms with Gasteiger partial charge < -0.3 is 0 Å². The van der Waals surface area contributed by atoms with Crippen LogP contribution < -0.4 is 0 Å². The molecule has 5 nitrogen and oxygen atoms in total. The van der Waals surface area contributed by atoms with Gasteiger partial charge in [0, 0.05) is 6.07 Å². The Morgan fingerprint density at radius 1 is 1.11 bits per heavy atom. The Morgan fingerprint density at radius 3 is 2.63 bits per heavy atom. The lowest BCUT2D eigenvalue weighted by Crippen LogP contribution is -2.29. The molecule has 2 heterocycles. The van der Waals surface area contributed by atoms with Crippen LogP contribution in [0.1, 0.15) is 16.5 Å². The number of hydrogen-bond acceptors (Lipinski definition) is 5. The molecule has 0 spiro atoms. The van der Waals surface area contributed by atoms with Crippen molar-refractivity contribution in [2.75, 3.05) is 0 Å². The van der Waals surface area contributed by atoms with Crippen molar-refractivity contribution in [1.29, 1.82) is 0 Å². The molecule has 0 saturated carbocycles. The van der Waals surface area contributed by atoms with Crippen molar-refractivity contribution >= 4 is 21.6 Å². The minimum absolute atomic E-state index is 0.337. The molecule has 2 aromatic carbocycles. The van der Waals surface area contributed by atoms with Crippen molar-refractivity contribution in [3.63, 3.8) is 0 Å². The van der Waals surface area contributed by atoms with Gasteiger partial charge in [-0.05, 0) is 34.2 Å². The summed E-state index contributed by atoms with van der Waals surface area (Å²) in [5.41, 5.74) is 0.0917. The third-order valence-electron chi connectivity index (χ3n) is 4.12. The summed E-state index contributed by atoms with van der Waals surface area (Å²) in [4.78, 5) is 4.02. The smallest absolute Gasteiger partial charge is 0.235 e. The van der Waals surface area contributed by atoms with E-state index < -0.39 is 35.0 Å². The number of halogens is 4. The molecule has 10 heteroatoms. The van der Waals surface area contributed by atoms with Crippen LogP contribution in [0.3, 0.4) is 0 Å². The second-order valence-electron chi connectivity index (χ2n) is 5.86. The van der Waals surface area contributed by atoms with E-state index in [0.717, 1.165) is 34.5 Å². The quantitative estimate of drug-likeness (QED) is 0.479. The molecule has 1 unspecified atom stereocenters. The highest BCUT2D eigenvalue weighted by Gasteiger charge is 2.46. The lowest BCUT2D eigenvalue weighted by atomic mass is 9.92. The van der Waals surface area contributed by atoms with E-state index in [1.165, 1.54) is 0 Å². The van der Waals surface area contributed by atoms with Gasteiger partial charge in [0.2, 0.25) is 0 Å². The van der Waals surface area contributed by atoms with Crippen LogP contribution in [0.2, 0.25) is 0 Å². The Balaban J connectivity index is 1.82. The van der Waals surface area contributed by atoms with Gasteiger partial charge in [0.05, 0.1) is 22.7 Å². The number of hydrogen-bond donors (Lipinski definition) is 0. The maximum Gasteiger partial charge on any atom is 0.307 e. The summed E-state index contributed by atoms with van der Waals surface area (Å²) in [6, 6.07) is 9.27. The Bertz CT molecular complexity index is 1050. The fraction of sp³-hybridized carbons (Fsp3) is 0.176. The molecule has 4 aromatic rings. The Hall–Kier alpha value is -2.88. The molecule has 0 aliphatic carbocycles. The lowest BCUT2D eigenvalue weighted by Gasteiger charge is -2.25. The fourth-order valence-electron chi connectivity index (χ4n) is 2.81. The van der Waals surface area contributed by atoms with E-state index in [-0.39, 0.29) is 5.56 Å². The van der Waals surface area contributed by atoms with Crippen LogP contribution in [-0.4, -0.2) is 25.2 Å². The first-order valence-corrected chi connectivity index (χ1v) is 8.66. The largest absolute Gasteiger partial charge is 0.307 e. The molecular formula is C17H11F4N5S. The number of aromatic nitrogens is 5. The number of tetrazole rings is 1. The van der Waals surface area contributed by atoms with E-state index >= 15 is 8.78 Å². The molecular weight excluding hydrogens is 382 g/mol. The van der Waals surface area contributed by atoms with Crippen LogP contribution in [0.5, 0.6) is 0 Å². The fourth-order valence-corrected chi connectivity index (χ4v) is 3.80. The second-order valence-corrected chi connectivity index (χ2v) is 6.89. The van der Waals surface area contributed by atoms with Gasteiger partial charge in [-0.1, -0.05) is 18.2 Å². The Labute approximate surface area is 154 Å². The highest BCUT2D eigenvalue weighted by Crippen LogP contribution is 2.46. The molecule has 0 amide bonds. The summed E-state index contributed by atoms with van der Waals surface area (Å²) in [7, 11) is 0. The lowest BCUT2D eigenvalue weighted by molar-refractivity contribution is -0.0414. The first-order chi connectivity index (χ1) is 12.9. The number of alkyl halides is 2. The monoisotopic (exact) mass is 393 g/mol. The average molecular weight is 393 g/mol. The van der Waals surface area contributed by atoms with Crippen molar-refractivity contribution in [3.8, 4) is 0 Å². The van der Waals surface area contributed by atoms with Gasteiger partial charge >= 0.3 is 5.92 Å². The molecule has 0 saturated heterocycles. The minimum atomic E-state index is -3.53. The molecule has 0 N–H and O–H groups in total. The molecule has 4 rings (SSSR count). The van der Waals surface area contributed by atoms with E-state index in [1.54, 1.807) is 24.3 Å². The van der Waals surface area contributed by atoms with Gasteiger partial charge in [-0.25, -0.2) is 18.4 Å². The summed E-state index contributed by atoms with van der Waals surface area (Å²) in [5.74, 6) is -7.12. The van der Waals surface area contributed by atoms with Crippen LogP contribution in [0, 0.1) is 11.6 Å². The molecule has 27 heavy (non-hydrogen) atoms. The second kappa shape index (κ2) is 6.69. The zero-order valence-electron chi connectivity index (χ0n) is 13.6. The summed E-state index contributed by atoms with van der Waals surface area (Å²) in [5, 5.41) is 9.97. The third-order valence-corrected chi connectivity index (χ3v) is 5.24. The number of benzene rings is 2. The Morgan fingerprint density at radius 2 is 1.93 bits per heavy atom. The highest BCUT2D eigenvalue weighted by atomic mass is 32.1. The van der Waals surface area contributed by atoms with Crippen molar-refractivity contribution in [2.24, 2.45) is 0 Å². The van der Waals surface area contributed by atoms with E-state index in [1.807, 2.05) is 0 Å². The van der Waals surface area contributed by atoms with Gasteiger partial charge in [0.1, 0.15) is 18.0 Å². The topological polar surface area (TPSA) is 56.5 Å². The average Bonchev–Trinajstić information content (AvgIpc) is 3.30. The number of fused-ring (bicyclic) bond motifs is 1. The first kappa shape index (κ1) is 17.5. The van der Waals surface area contributed by atoms with E-state index in [0.29, 0.717) is 16.3 Å². The van der Waals surface area contributed by atoms with Crippen LogP contribution in [0.4, 0.5) is 17.6 Å². The van der Waals surface area contributed by atoms with Gasteiger partial charge in [-0.15, -0.1) is 16.4 Å². The van der Waals surface area contributed by atoms with E-state index in [9.17, 15) is 8.78 Å². The van der Waals surface area contributed by atoms with Crippen molar-refractivity contribution < 1.29 is 17.6 Å². The molecule has 2 aromatic heterocycles. The molecule has 0 aliphatic heterocycles. The molecule has 1 atom stereocenters. The minimum Gasteiger partial charge on any atom is -0.235 e. The van der Waals surface area contributed by atoms with Crippen LogP contribution >= 0.6 is 11.3 Å². The Kier molecular flexibility index (Phi) is 4.34. The summed E-state index contributed by atoms with van der Waals surface area (Å²) >= 11 is 0.830. The van der Waals surface area contributed by atoms with Crippen molar-refractivity contribution in [1.82, 2.24) is 25.2 Å². The third kappa shape index (κ3) is 3.27.